The number of carbonyl (C=O) groups is 1. The molecule has 0 aliphatic heterocycles. The van der Waals surface area contributed by atoms with Gasteiger partial charge < -0.3 is 9.84 Å². The highest BCUT2D eigenvalue weighted by molar-refractivity contribution is 5.78. The predicted octanol–water partition coefficient (Wildman–Crippen LogP) is 1.99. The van der Waals surface area contributed by atoms with Crippen LogP contribution in [0.15, 0.2) is 0 Å². The lowest BCUT2D eigenvalue weighted by atomic mass is 9.86. The van der Waals surface area contributed by atoms with Crippen LogP contribution in [0.2, 0.25) is 0 Å². The molecule has 0 spiro atoms. The second-order valence-corrected chi connectivity index (χ2v) is 4.89. The van der Waals surface area contributed by atoms with Gasteiger partial charge in [-0.2, -0.15) is 0 Å². The van der Waals surface area contributed by atoms with E-state index in [1.807, 2.05) is 32.6 Å². The Morgan fingerprint density at radius 3 is 1.94 bits per heavy atom. The Balaban J connectivity index is 5.04. The highest BCUT2D eigenvalue weighted by Crippen LogP contribution is 2.28. The van der Waals surface area contributed by atoms with Crippen LogP contribution in [0, 0.1) is 0 Å². The fraction of sp³-hybridized carbons (Fsp3) is 0.917. The number of methoxy groups -OCH3 is 1. The molecule has 0 fully saturated rings. The smallest absolute Gasteiger partial charge is 0.323 e. The highest BCUT2D eigenvalue weighted by Gasteiger charge is 2.42. The number of nitrogens with zero attached hydrogens (tertiary/aromatic N) is 1. The lowest BCUT2D eigenvalue weighted by Gasteiger charge is -2.41. The molecular formula is C12H25NO3. The third kappa shape index (κ3) is 3.46. The van der Waals surface area contributed by atoms with Gasteiger partial charge in [-0.25, -0.2) is 0 Å². The molecule has 0 rings (SSSR count). The number of carboxylic acids is 1. The van der Waals surface area contributed by atoms with Gasteiger partial charge in [0.15, 0.2) is 0 Å². The second kappa shape index (κ2) is 5.64. The standard InChI is InChI=1S/C12H25NO3/c1-7-13(8-2)12(5,10(14)15)9-11(3,4)16-6/h7-9H2,1-6H3,(H,14,15). The van der Waals surface area contributed by atoms with Gasteiger partial charge >= 0.3 is 5.97 Å². The summed E-state index contributed by atoms with van der Waals surface area (Å²) in [5, 5.41) is 9.43. The molecule has 16 heavy (non-hydrogen) atoms. The van der Waals surface area contributed by atoms with Gasteiger partial charge in [-0.3, -0.25) is 9.69 Å². The van der Waals surface area contributed by atoms with Crippen LogP contribution in [0.5, 0.6) is 0 Å². The molecule has 0 heterocycles. The fourth-order valence-electron chi connectivity index (χ4n) is 2.15. The Labute approximate surface area is 98.6 Å². The summed E-state index contributed by atoms with van der Waals surface area (Å²) in [4.78, 5) is 13.4. The van der Waals surface area contributed by atoms with Gasteiger partial charge in [0.05, 0.1) is 5.60 Å². The first-order valence-corrected chi connectivity index (χ1v) is 5.77. The Morgan fingerprint density at radius 2 is 1.69 bits per heavy atom. The molecule has 1 N–H and O–H groups in total. The maximum absolute atomic E-state index is 11.5. The molecule has 0 aromatic rings. The van der Waals surface area contributed by atoms with Crippen LogP contribution in [0.3, 0.4) is 0 Å². The van der Waals surface area contributed by atoms with Gasteiger partial charge in [0.25, 0.3) is 0 Å². The van der Waals surface area contributed by atoms with Crippen molar-refractivity contribution in [2.75, 3.05) is 20.2 Å². The number of rotatable bonds is 7. The van der Waals surface area contributed by atoms with Gasteiger partial charge in [0.1, 0.15) is 5.54 Å². The van der Waals surface area contributed by atoms with E-state index in [2.05, 4.69) is 0 Å². The average Bonchev–Trinajstić information content (AvgIpc) is 2.18. The van der Waals surface area contributed by atoms with Crippen LogP contribution in [0.1, 0.15) is 41.0 Å². The lowest BCUT2D eigenvalue weighted by Crippen LogP contribution is -2.55. The zero-order valence-corrected chi connectivity index (χ0v) is 11.3. The van der Waals surface area contributed by atoms with Crippen molar-refractivity contribution in [3.05, 3.63) is 0 Å². The first-order valence-electron chi connectivity index (χ1n) is 5.77. The van der Waals surface area contributed by atoms with Crippen LogP contribution < -0.4 is 0 Å². The van der Waals surface area contributed by atoms with E-state index in [1.54, 1.807) is 14.0 Å². The SMILES string of the molecule is CCN(CC)C(C)(CC(C)(C)OC)C(=O)O. The Bertz CT molecular complexity index is 236. The number of likely N-dealkylation sites (N-methyl/N-ethyl adjacent to an activating group) is 1. The minimum absolute atomic E-state index is 0.435. The molecule has 4 nitrogen and oxygen atoms in total. The predicted molar refractivity (Wildman–Crippen MR) is 64.7 cm³/mol. The quantitative estimate of drug-likeness (QED) is 0.728. The zero-order chi connectivity index (χ0) is 13.0. The minimum Gasteiger partial charge on any atom is -0.480 e. The summed E-state index contributed by atoms with van der Waals surface area (Å²) in [5.41, 5.74) is -1.31. The van der Waals surface area contributed by atoms with Gasteiger partial charge in [0.2, 0.25) is 0 Å². The van der Waals surface area contributed by atoms with E-state index in [9.17, 15) is 9.90 Å². The summed E-state index contributed by atoms with van der Waals surface area (Å²) in [6, 6.07) is 0. The molecule has 1 unspecified atom stereocenters. The monoisotopic (exact) mass is 231 g/mol. The van der Waals surface area contributed by atoms with Crippen LogP contribution in [-0.4, -0.2) is 47.3 Å². The molecule has 0 saturated carbocycles. The summed E-state index contributed by atoms with van der Waals surface area (Å²) in [5.74, 6) is -0.790. The van der Waals surface area contributed by atoms with Gasteiger partial charge in [-0.05, 0) is 33.9 Å². The molecule has 0 bridgehead atoms. The molecular weight excluding hydrogens is 206 g/mol. The van der Waals surface area contributed by atoms with Crippen molar-refractivity contribution in [2.24, 2.45) is 0 Å². The third-order valence-corrected chi connectivity index (χ3v) is 3.24. The molecule has 0 amide bonds. The number of carboxylic acid groups (broad SMARTS) is 1. The minimum atomic E-state index is -0.872. The normalized spacial score (nSPS) is 16.2. The number of hydrogen-bond acceptors (Lipinski definition) is 3. The Morgan fingerprint density at radius 1 is 1.25 bits per heavy atom. The number of aliphatic carboxylic acids is 1. The van der Waals surface area contributed by atoms with Crippen molar-refractivity contribution in [3.63, 3.8) is 0 Å². The van der Waals surface area contributed by atoms with Crippen LogP contribution >= 0.6 is 0 Å². The van der Waals surface area contributed by atoms with Crippen LogP contribution in [0.25, 0.3) is 0 Å². The summed E-state index contributed by atoms with van der Waals surface area (Å²) >= 11 is 0. The summed E-state index contributed by atoms with van der Waals surface area (Å²) < 4.78 is 5.33. The Kier molecular flexibility index (Phi) is 5.42. The van der Waals surface area contributed by atoms with Crippen molar-refractivity contribution in [1.29, 1.82) is 0 Å². The van der Waals surface area contributed by atoms with Crippen molar-refractivity contribution >= 4 is 5.97 Å². The van der Waals surface area contributed by atoms with E-state index in [-0.39, 0.29) is 0 Å². The van der Waals surface area contributed by atoms with Crippen molar-refractivity contribution in [1.82, 2.24) is 4.90 Å². The van der Waals surface area contributed by atoms with Gasteiger partial charge in [-0.15, -0.1) is 0 Å². The van der Waals surface area contributed by atoms with Crippen LogP contribution in [-0.2, 0) is 9.53 Å². The van der Waals surface area contributed by atoms with Crippen molar-refractivity contribution in [2.45, 2.75) is 52.2 Å². The maximum atomic E-state index is 11.5. The molecule has 4 heteroatoms. The second-order valence-electron chi connectivity index (χ2n) is 4.89. The van der Waals surface area contributed by atoms with Crippen LogP contribution in [0.4, 0.5) is 0 Å². The fourth-order valence-corrected chi connectivity index (χ4v) is 2.15. The molecule has 0 aromatic heterocycles. The molecule has 0 aliphatic rings. The number of hydrogen-bond donors (Lipinski definition) is 1. The van der Waals surface area contributed by atoms with E-state index < -0.39 is 17.1 Å². The topological polar surface area (TPSA) is 49.8 Å². The third-order valence-electron chi connectivity index (χ3n) is 3.24. The van der Waals surface area contributed by atoms with E-state index in [1.165, 1.54) is 0 Å². The molecule has 0 aromatic carbocycles. The maximum Gasteiger partial charge on any atom is 0.323 e. The first-order chi connectivity index (χ1) is 7.23. The summed E-state index contributed by atoms with van der Waals surface area (Å²) in [6.07, 6.45) is 0.466. The Hall–Kier alpha value is -0.610. The van der Waals surface area contributed by atoms with Crippen molar-refractivity contribution in [3.8, 4) is 0 Å². The summed E-state index contributed by atoms with van der Waals surface area (Å²) in [7, 11) is 1.62. The molecule has 1 atom stereocenters. The molecule has 96 valence electrons. The molecule has 0 aliphatic carbocycles. The zero-order valence-electron chi connectivity index (χ0n) is 11.3. The van der Waals surface area contributed by atoms with E-state index in [4.69, 9.17) is 4.74 Å². The summed E-state index contributed by atoms with van der Waals surface area (Å²) in [6.45, 7) is 11.0. The van der Waals surface area contributed by atoms with E-state index >= 15 is 0 Å². The average molecular weight is 231 g/mol. The molecule has 0 radical (unpaired) electrons. The number of ether oxygens (including phenoxy) is 1. The molecule has 0 saturated heterocycles. The first kappa shape index (κ1) is 15.4. The van der Waals surface area contributed by atoms with E-state index in [0.29, 0.717) is 6.42 Å². The van der Waals surface area contributed by atoms with Gasteiger partial charge in [0, 0.05) is 13.5 Å². The van der Waals surface area contributed by atoms with Crippen molar-refractivity contribution < 1.29 is 14.6 Å². The highest BCUT2D eigenvalue weighted by atomic mass is 16.5. The lowest BCUT2D eigenvalue weighted by molar-refractivity contribution is -0.155. The largest absolute Gasteiger partial charge is 0.480 e. The van der Waals surface area contributed by atoms with E-state index in [0.717, 1.165) is 13.1 Å². The van der Waals surface area contributed by atoms with Gasteiger partial charge in [-0.1, -0.05) is 13.8 Å².